The second-order valence-corrected chi connectivity index (χ2v) is 19.1. The zero-order valence-corrected chi connectivity index (χ0v) is 39.0. The van der Waals surface area contributed by atoms with E-state index in [4.69, 9.17) is 9.47 Å². The normalized spacial score (nSPS) is 12.2. The molecule has 0 saturated carbocycles. The molecule has 0 aromatic rings. The van der Waals surface area contributed by atoms with Crippen LogP contribution >= 0.6 is 0 Å². The topological polar surface area (TPSA) is 76.1 Å². The van der Waals surface area contributed by atoms with Gasteiger partial charge in [0.15, 0.2) is 0 Å². The molecule has 0 saturated heterocycles. The first-order valence-electron chi connectivity index (χ1n) is 24.7. The van der Waals surface area contributed by atoms with Gasteiger partial charge in [-0.2, -0.15) is 0 Å². The summed E-state index contributed by atoms with van der Waals surface area (Å²) in [5.74, 6) is -0.0156. The first kappa shape index (κ1) is 54.9. The molecule has 6 heteroatoms. The number of hydrogen-bond acceptors (Lipinski definition) is 6. The third kappa shape index (κ3) is 37.2. The highest BCUT2D eigenvalue weighted by Gasteiger charge is 2.22. The molecule has 0 fully saturated rings. The van der Waals surface area contributed by atoms with Crippen molar-refractivity contribution in [3.63, 3.8) is 0 Å². The van der Waals surface area contributed by atoms with E-state index < -0.39 is 0 Å². The zero-order chi connectivity index (χ0) is 41.6. The molecule has 0 aromatic carbocycles. The van der Waals surface area contributed by atoms with Gasteiger partial charge in [0, 0.05) is 19.4 Å². The molecule has 0 aliphatic heterocycles. The van der Waals surface area contributed by atoms with Crippen LogP contribution in [0, 0.1) is 10.8 Å². The molecule has 0 unspecified atom stereocenters. The molecule has 1 N–H and O–H groups in total. The Hall–Kier alpha value is -1.14. The molecule has 0 bridgehead atoms. The summed E-state index contributed by atoms with van der Waals surface area (Å²) < 4.78 is 11.8. The molecule has 0 aliphatic carbocycles. The van der Waals surface area contributed by atoms with Crippen LogP contribution in [-0.2, 0) is 19.1 Å². The second kappa shape index (κ2) is 38.1. The maximum Gasteiger partial charge on any atom is 0.306 e. The number of unbranched alkanes of at least 4 members (excludes halogenated alkanes) is 19. The van der Waals surface area contributed by atoms with Gasteiger partial charge in [0.25, 0.3) is 0 Å². The molecule has 6 nitrogen and oxygen atoms in total. The second-order valence-electron chi connectivity index (χ2n) is 19.1. The van der Waals surface area contributed by atoms with E-state index >= 15 is 0 Å². The van der Waals surface area contributed by atoms with Gasteiger partial charge in [-0.25, -0.2) is 0 Å². The van der Waals surface area contributed by atoms with Crippen molar-refractivity contribution in [1.82, 2.24) is 4.90 Å². The average Bonchev–Trinajstić information content (AvgIpc) is 3.15. The summed E-state index contributed by atoms with van der Waals surface area (Å²) in [5, 5.41) is 9.39. The SMILES string of the molecule is CCCCCCCCCC(=O)OCC(C)(C)CCCCCN(CCCCO)CCCC(C)(C)CCCC(=O)OC(CCCCCCCC)CCCCCCCC. The third-order valence-electron chi connectivity index (χ3n) is 11.9. The van der Waals surface area contributed by atoms with E-state index in [-0.39, 0.29) is 35.5 Å². The Morgan fingerprint density at radius 3 is 1.46 bits per heavy atom. The van der Waals surface area contributed by atoms with Crippen LogP contribution in [0.3, 0.4) is 0 Å². The summed E-state index contributed by atoms with van der Waals surface area (Å²) in [4.78, 5) is 27.9. The highest BCUT2D eigenvalue weighted by atomic mass is 16.5. The summed E-state index contributed by atoms with van der Waals surface area (Å²) in [7, 11) is 0. The number of nitrogens with zero attached hydrogens (tertiary/aromatic N) is 1. The highest BCUT2D eigenvalue weighted by molar-refractivity contribution is 5.69. The van der Waals surface area contributed by atoms with Crippen molar-refractivity contribution in [3.05, 3.63) is 0 Å². The molecule has 334 valence electrons. The first-order valence-corrected chi connectivity index (χ1v) is 24.7. The number of carbonyl (C=O) groups is 2. The molecule has 0 rings (SSSR count). The van der Waals surface area contributed by atoms with Gasteiger partial charge in [-0.3, -0.25) is 9.59 Å². The Kier molecular flexibility index (Phi) is 37.3. The van der Waals surface area contributed by atoms with Crippen LogP contribution in [0.25, 0.3) is 0 Å². The monoisotopic (exact) mass is 794 g/mol. The highest BCUT2D eigenvalue weighted by Crippen LogP contribution is 2.30. The molecule has 0 aromatic heterocycles. The van der Waals surface area contributed by atoms with Crippen LogP contribution in [0.15, 0.2) is 0 Å². The maximum atomic E-state index is 13.0. The minimum atomic E-state index is -0.0304. The number of carbonyl (C=O) groups excluding carboxylic acids is 2. The lowest BCUT2D eigenvalue weighted by Crippen LogP contribution is -2.28. The standard InChI is InChI=1S/C50H99NO5/c1-8-11-14-17-20-23-27-36-47(53)55-45-50(6,7)38-28-24-29-41-51(42-30-31-44-52)43-33-40-49(4,5)39-32-37-48(54)56-46(34-25-21-18-15-12-9-2)35-26-22-19-16-13-10-3/h46,52H,8-45H2,1-7H3. The Morgan fingerprint density at radius 1 is 0.482 bits per heavy atom. The van der Waals surface area contributed by atoms with Gasteiger partial charge in [0.2, 0.25) is 0 Å². The minimum Gasteiger partial charge on any atom is -0.465 e. The average molecular weight is 794 g/mol. The number of aliphatic hydroxyl groups is 1. The smallest absolute Gasteiger partial charge is 0.306 e. The molecule has 0 heterocycles. The van der Waals surface area contributed by atoms with Gasteiger partial charge in [-0.15, -0.1) is 0 Å². The number of ether oxygens (including phenoxy) is 2. The van der Waals surface area contributed by atoms with Gasteiger partial charge in [0.05, 0.1) is 6.61 Å². The fourth-order valence-electron chi connectivity index (χ4n) is 7.97. The molecule has 0 radical (unpaired) electrons. The van der Waals surface area contributed by atoms with Crippen LogP contribution in [0.2, 0.25) is 0 Å². The molecule has 0 amide bonds. The summed E-state index contributed by atoms with van der Waals surface area (Å²) in [6.45, 7) is 20.0. The van der Waals surface area contributed by atoms with E-state index in [0.29, 0.717) is 19.4 Å². The molecule has 0 aliphatic rings. The van der Waals surface area contributed by atoms with E-state index in [2.05, 4.69) is 53.4 Å². The Bertz CT molecular complexity index is 858. The molecule has 56 heavy (non-hydrogen) atoms. The summed E-state index contributed by atoms with van der Waals surface area (Å²) >= 11 is 0. The lowest BCUT2D eigenvalue weighted by molar-refractivity contribution is -0.150. The van der Waals surface area contributed by atoms with Gasteiger partial charge in [0.1, 0.15) is 6.10 Å². The van der Waals surface area contributed by atoms with Gasteiger partial charge in [-0.05, 0) is 114 Å². The predicted octanol–water partition coefficient (Wildman–Crippen LogP) is 14.7. The number of esters is 2. The van der Waals surface area contributed by atoms with E-state index in [9.17, 15) is 14.7 Å². The Balaban J connectivity index is 4.51. The first-order chi connectivity index (χ1) is 27.0. The maximum absolute atomic E-state index is 13.0. The van der Waals surface area contributed by atoms with Crippen molar-refractivity contribution in [2.75, 3.05) is 32.8 Å². The number of aliphatic hydroxyl groups excluding tert-OH is 1. The molecular weight excluding hydrogens is 695 g/mol. The lowest BCUT2D eigenvalue weighted by atomic mass is 9.82. The van der Waals surface area contributed by atoms with Crippen molar-refractivity contribution in [1.29, 1.82) is 0 Å². The summed E-state index contributed by atoms with van der Waals surface area (Å²) in [5.41, 5.74) is 0.221. The molecular formula is C50H99NO5. The van der Waals surface area contributed by atoms with Crippen LogP contribution in [0.5, 0.6) is 0 Å². The van der Waals surface area contributed by atoms with Crippen LogP contribution in [0.4, 0.5) is 0 Å². The van der Waals surface area contributed by atoms with Crippen molar-refractivity contribution in [2.45, 2.75) is 266 Å². The van der Waals surface area contributed by atoms with E-state index in [1.807, 2.05) is 0 Å². The van der Waals surface area contributed by atoms with Gasteiger partial charge in [-0.1, -0.05) is 164 Å². The van der Waals surface area contributed by atoms with Crippen molar-refractivity contribution in [3.8, 4) is 0 Å². The summed E-state index contributed by atoms with van der Waals surface area (Å²) in [6, 6.07) is 0. The van der Waals surface area contributed by atoms with E-state index in [1.165, 1.54) is 122 Å². The van der Waals surface area contributed by atoms with Crippen molar-refractivity contribution >= 4 is 11.9 Å². The van der Waals surface area contributed by atoms with E-state index in [0.717, 1.165) is 96.7 Å². The number of rotatable bonds is 43. The predicted molar refractivity (Wildman–Crippen MR) is 241 cm³/mol. The number of hydrogen-bond donors (Lipinski definition) is 1. The fraction of sp³-hybridized carbons (Fsp3) is 0.960. The zero-order valence-electron chi connectivity index (χ0n) is 39.0. The van der Waals surface area contributed by atoms with Crippen LogP contribution in [0.1, 0.15) is 260 Å². The Morgan fingerprint density at radius 2 is 0.911 bits per heavy atom. The van der Waals surface area contributed by atoms with Gasteiger partial charge >= 0.3 is 11.9 Å². The lowest BCUT2D eigenvalue weighted by Gasteiger charge is -2.28. The minimum absolute atomic E-state index is 0.0148. The van der Waals surface area contributed by atoms with Crippen molar-refractivity contribution in [2.24, 2.45) is 10.8 Å². The fourth-order valence-corrected chi connectivity index (χ4v) is 7.97. The van der Waals surface area contributed by atoms with Crippen LogP contribution in [-0.4, -0.2) is 60.9 Å². The van der Waals surface area contributed by atoms with E-state index in [1.54, 1.807) is 0 Å². The van der Waals surface area contributed by atoms with Crippen molar-refractivity contribution < 1.29 is 24.2 Å². The molecule has 0 spiro atoms. The quantitative estimate of drug-likeness (QED) is 0.0489. The third-order valence-corrected chi connectivity index (χ3v) is 11.9. The van der Waals surface area contributed by atoms with Crippen LogP contribution < -0.4 is 0 Å². The largest absolute Gasteiger partial charge is 0.465 e. The summed E-state index contributed by atoms with van der Waals surface area (Å²) in [6.07, 6.45) is 37.9. The Labute approximate surface area is 350 Å². The molecule has 0 atom stereocenters. The van der Waals surface area contributed by atoms with Gasteiger partial charge < -0.3 is 19.5 Å².